The number of allylic oxidation sites excluding steroid dienone is 8. The Kier molecular flexibility index (Phi) is 40.0. The maximum absolute atomic E-state index is 12.7. The van der Waals surface area contributed by atoms with Gasteiger partial charge in [-0.15, -0.1) is 0 Å². The third-order valence-electron chi connectivity index (χ3n) is 9.32. The lowest BCUT2D eigenvalue weighted by atomic mass is 10.1. The second kappa shape index (κ2) is 42.1. The lowest BCUT2D eigenvalue weighted by Crippen LogP contribution is -2.30. The van der Waals surface area contributed by atoms with Crippen molar-refractivity contribution in [2.45, 2.75) is 219 Å². The van der Waals surface area contributed by atoms with E-state index in [2.05, 4.69) is 69.4 Å². The molecule has 53 heavy (non-hydrogen) atoms. The van der Waals surface area contributed by atoms with Crippen molar-refractivity contribution in [3.63, 3.8) is 0 Å². The van der Waals surface area contributed by atoms with Crippen LogP contribution < -0.4 is 0 Å². The molecule has 0 aromatic carbocycles. The lowest BCUT2D eigenvalue weighted by molar-refractivity contribution is -0.167. The quantitative estimate of drug-likeness (QED) is 0.0270. The lowest BCUT2D eigenvalue weighted by Gasteiger charge is -2.18. The Morgan fingerprint density at radius 2 is 0.736 bits per heavy atom. The Bertz CT molecular complexity index is 949. The van der Waals surface area contributed by atoms with E-state index in [1.54, 1.807) is 0 Å². The molecule has 0 saturated carbocycles. The smallest absolute Gasteiger partial charge is 0.306 e. The minimum Gasteiger partial charge on any atom is -0.462 e. The fourth-order valence-corrected chi connectivity index (χ4v) is 5.98. The number of rotatable bonds is 39. The van der Waals surface area contributed by atoms with E-state index in [-0.39, 0.29) is 31.1 Å². The van der Waals surface area contributed by atoms with Crippen molar-refractivity contribution in [2.24, 2.45) is 0 Å². The zero-order chi connectivity index (χ0) is 38.7. The van der Waals surface area contributed by atoms with Crippen LogP contribution in [0.25, 0.3) is 0 Å². The Morgan fingerprint density at radius 3 is 1.21 bits per heavy atom. The average Bonchev–Trinajstić information content (AvgIpc) is 3.15. The summed E-state index contributed by atoms with van der Waals surface area (Å²) < 4.78 is 16.6. The Morgan fingerprint density at radius 1 is 0.396 bits per heavy atom. The molecule has 0 radical (unpaired) electrons. The fourth-order valence-electron chi connectivity index (χ4n) is 5.98. The van der Waals surface area contributed by atoms with E-state index in [4.69, 9.17) is 14.2 Å². The number of carbonyl (C=O) groups is 3. The second-order valence-corrected chi connectivity index (χ2v) is 14.6. The molecule has 0 aliphatic carbocycles. The molecule has 0 bridgehead atoms. The summed E-state index contributed by atoms with van der Waals surface area (Å²) in [7, 11) is 0. The molecule has 0 rings (SSSR count). The molecule has 0 aromatic heterocycles. The molecule has 6 heteroatoms. The van der Waals surface area contributed by atoms with Gasteiger partial charge in [0.2, 0.25) is 0 Å². The molecule has 0 aliphatic heterocycles. The Labute approximate surface area is 327 Å². The molecule has 0 amide bonds. The molecular formula is C47H82O6. The zero-order valence-electron chi connectivity index (χ0n) is 34.8. The Balaban J connectivity index is 4.37. The summed E-state index contributed by atoms with van der Waals surface area (Å²) in [6, 6.07) is 0. The van der Waals surface area contributed by atoms with E-state index in [0.29, 0.717) is 19.3 Å². The van der Waals surface area contributed by atoms with Crippen LogP contribution in [0.3, 0.4) is 0 Å². The van der Waals surface area contributed by atoms with Gasteiger partial charge in [0.15, 0.2) is 6.10 Å². The summed E-state index contributed by atoms with van der Waals surface area (Å²) in [5.74, 6) is -0.915. The van der Waals surface area contributed by atoms with Crippen molar-refractivity contribution in [1.82, 2.24) is 0 Å². The van der Waals surface area contributed by atoms with Crippen LogP contribution in [0.15, 0.2) is 48.6 Å². The van der Waals surface area contributed by atoms with Gasteiger partial charge < -0.3 is 14.2 Å². The summed E-state index contributed by atoms with van der Waals surface area (Å²) in [5.41, 5.74) is 0. The predicted molar refractivity (Wildman–Crippen MR) is 224 cm³/mol. The van der Waals surface area contributed by atoms with Gasteiger partial charge in [-0.1, -0.05) is 166 Å². The first kappa shape index (κ1) is 50.4. The van der Waals surface area contributed by atoms with Crippen LogP contribution in [-0.4, -0.2) is 37.2 Å². The summed E-state index contributed by atoms with van der Waals surface area (Å²) in [4.78, 5) is 37.6. The predicted octanol–water partition coefficient (Wildman–Crippen LogP) is 14.0. The molecule has 1 unspecified atom stereocenters. The van der Waals surface area contributed by atoms with Gasteiger partial charge in [-0.2, -0.15) is 0 Å². The number of esters is 3. The van der Waals surface area contributed by atoms with Crippen LogP contribution in [0.2, 0.25) is 0 Å². The van der Waals surface area contributed by atoms with Gasteiger partial charge in [0.25, 0.3) is 0 Å². The molecular weight excluding hydrogens is 661 g/mol. The van der Waals surface area contributed by atoms with E-state index < -0.39 is 6.10 Å². The van der Waals surface area contributed by atoms with Crippen LogP contribution in [0.5, 0.6) is 0 Å². The molecule has 0 fully saturated rings. The van der Waals surface area contributed by atoms with Crippen LogP contribution in [0, 0.1) is 0 Å². The van der Waals surface area contributed by atoms with E-state index in [1.807, 2.05) is 0 Å². The maximum Gasteiger partial charge on any atom is 0.306 e. The largest absolute Gasteiger partial charge is 0.462 e. The van der Waals surface area contributed by atoms with Crippen LogP contribution in [0.4, 0.5) is 0 Å². The van der Waals surface area contributed by atoms with Crippen molar-refractivity contribution in [3.8, 4) is 0 Å². The SMILES string of the molecule is CC/C=C\C/C=C\C/C=C\CCCCCCCC(=O)OCC(COC(=O)CCCCCCCCCC)OC(=O)CCCCCCC/C=C\CCCCC. The number of hydrogen-bond donors (Lipinski definition) is 0. The summed E-state index contributed by atoms with van der Waals surface area (Å²) >= 11 is 0. The molecule has 0 N–H and O–H groups in total. The molecule has 0 aliphatic rings. The van der Waals surface area contributed by atoms with Gasteiger partial charge >= 0.3 is 17.9 Å². The van der Waals surface area contributed by atoms with Crippen molar-refractivity contribution < 1.29 is 28.6 Å². The highest BCUT2D eigenvalue weighted by molar-refractivity contribution is 5.71. The van der Waals surface area contributed by atoms with Crippen molar-refractivity contribution in [1.29, 1.82) is 0 Å². The first-order valence-electron chi connectivity index (χ1n) is 22.1. The topological polar surface area (TPSA) is 78.9 Å². The van der Waals surface area contributed by atoms with Crippen molar-refractivity contribution in [2.75, 3.05) is 13.2 Å². The second-order valence-electron chi connectivity index (χ2n) is 14.6. The van der Waals surface area contributed by atoms with Gasteiger partial charge in [0, 0.05) is 19.3 Å². The average molecular weight is 743 g/mol. The minimum atomic E-state index is -0.778. The Hall–Kier alpha value is -2.63. The minimum absolute atomic E-state index is 0.0815. The molecule has 0 saturated heterocycles. The molecule has 0 spiro atoms. The third kappa shape index (κ3) is 40.4. The molecule has 0 heterocycles. The number of ether oxygens (including phenoxy) is 3. The van der Waals surface area contributed by atoms with Crippen LogP contribution in [-0.2, 0) is 28.6 Å². The summed E-state index contributed by atoms with van der Waals surface area (Å²) in [5, 5.41) is 0. The highest BCUT2D eigenvalue weighted by Crippen LogP contribution is 2.13. The van der Waals surface area contributed by atoms with E-state index in [1.165, 1.54) is 64.2 Å². The van der Waals surface area contributed by atoms with E-state index in [9.17, 15) is 14.4 Å². The van der Waals surface area contributed by atoms with E-state index >= 15 is 0 Å². The van der Waals surface area contributed by atoms with Crippen molar-refractivity contribution >= 4 is 17.9 Å². The molecule has 1 atom stereocenters. The molecule has 6 nitrogen and oxygen atoms in total. The fraction of sp³-hybridized carbons (Fsp3) is 0.766. The maximum atomic E-state index is 12.7. The van der Waals surface area contributed by atoms with Gasteiger partial charge in [-0.25, -0.2) is 0 Å². The first-order valence-corrected chi connectivity index (χ1v) is 22.1. The van der Waals surface area contributed by atoms with Crippen LogP contribution in [0.1, 0.15) is 213 Å². The zero-order valence-corrected chi connectivity index (χ0v) is 34.8. The van der Waals surface area contributed by atoms with Gasteiger partial charge in [0.05, 0.1) is 0 Å². The number of hydrogen-bond acceptors (Lipinski definition) is 6. The van der Waals surface area contributed by atoms with Crippen LogP contribution >= 0.6 is 0 Å². The summed E-state index contributed by atoms with van der Waals surface area (Å²) in [6.07, 6.45) is 48.1. The molecule has 0 aromatic rings. The monoisotopic (exact) mass is 743 g/mol. The summed E-state index contributed by atoms with van der Waals surface area (Å²) in [6.45, 7) is 6.43. The van der Waals surface area contributed by atoms with Gasteiger partial charge in [-0.05, 0) is 77.0 Å². The standard InChI is InChI=1S/C47H82O6/c1-4-7-10-13-16-19-21-23-24-25-27-28-31-34-37-40-46(49)52-43-44(42-51-45(48)39-36-33-30-18-15-12-9-6-3)53-47(50)41-38-35-32-29-26-22-20-17-14-11-8-5-2/h7,10,16-17,19-20,23-24,44H,4-6,8-9,11-15,18,21-22,25-43H2,1-3H3/b10-7-,19-16-,20-17-,24-23-. The van der Waals surface area contributed by atoms with Gasteiger partial charge in [0.1, 0.15) is 13.2 Å². The highest BCUT2D eigenvalue weighted by Gasteiger charge is 2.19. The number of unbranched alkanes of at least 4 members (excludes halogenated alkanes) is 20. The van der Waals surface area contributed by atoms with Gasteiger partial charge in [-0.3, -0.25) is 14.4 Å². The third-order valence-corrected chi connectivity index (χ3v) is 9.32. The van der Waals surface area contributed by atoms with E-state index in [0.717, 1.165) is 109 Å². The first-order chi connectivity index (χ1) is 26.0. The molecule has 306 valence electrons. The highest BCUT2D eigenvalue weighted by atomic mass is 16.6. The van der Waals surface area contributed by atoms with Crippen molar-refractivity contribution in [3.05, 3.63) is 48.6 Å². The normalized spacial score (nSPS) is 12.4. The number of carbonyl (C=O) groups excluding carboxylic acids is 3.